The van der Waals surface area contributed by atoms with Crippen LogP contribution in [0.4, 0.5) is 5.82 Å². The predicted octanol–water partition coefficient (Wildman–Crippen LogP) is 6.20. The van der Waals surface area contributed by atoms with Gasteiger partial charge in [-0.05, 0) is 81.2 Å². The minimum atomic E-state index is -1.07. The van der Waals surface area contributed by atoms with Gasteiger partial charge in [-0.3, -0.25) is 9.59 Å². The molecule has 0 spiro atoms. The van der Waals surface area contributed by atoms with Crippen molar-refractivity contribution < 1.29 is 23.8 Å². The first-order valence-electron chi connectivity index (χ1n) is 14.8. The topological polar surface area (TPSA) is 90.0 Å². The third kappa shape index (κ3) is 9.22. The van der Waals surface area contributed by atoms with Crippen molar-refractivity contribution in [2.75, 3.05) is 31.6 Å². The van der Waals surface area contributed by atoms with Gasteiger partial charge in [0.25, 0.3) is 6.29 Å². The van der Waals surface area contributed by atoms with E-state index in [1.54, 1.807) is 12.1 Å². The van der Waals surface area contributed by atoms with Gasteiger partial charge in [-0.25, -0.2) is 4.98 Å². The number of nitrogens with zero attached hydrogens (tertiary/aromatic N) is 2. The van der Waals surface area contributed by atoms with E-state index in [1.807, 2.05) is 18.3 Å². The molecular weight excluding hydrogens is 506 g/mol. The number of hydrogen-bond donors (Lipinski definition) is 1. The molecule has 1 saturated heterocycles. The highest BCUT2D eigenvalue weighted by Crippen LogP contribution is 2.42. The van der Waals surface area contributed by atoms with Crippen molar-refractivity contribution in [1.29, 1.82) is 0 Å². The zero-order chi connectivity index (χ0) is 28.4. The molecule has 1 aliphatic heterocycles. The number of nitrogens with one attached hydrogen (secondary N) is 1. The molecule has 4 rings (SSSR count). The smallest absolute Gasteiger partial charge is 0.305 e. The van der Waals surface area contributed by atoms with E-state index in [0.717, 1.165) is 44.7 Å². The van der Waals surface area contributed by atoms with E-state index < -0.39 is 18.2 Å². The van der Waals surface area contributed by atoms with Gasteiger partial charge in [-0.1, -0.05) is 37.5 Å². The van der Waals surface area contributed by atoms with Crippen molar-refractivity contribution in [2.24, 2.45) is 5.41 Å². The van der Waals surface area contributed by atoms with Crippen LogP contribution in [0.1, 0.15) is 89.1 Å². The Morgan fingerprint density at radius 2 is 1.75 bits per heavy atom. The summed E-state index contributed by atoms with van der Waals surface area (Å²) in [6.45, 7) is 8.66. The van der Waals surface area contributed by atoms with Gasteiger partial charge in [-0.2, -0.15) is 0 Å². The highest BCUT2D eigenvalue weighted by molar-refractivity contribution is 5.68. The van der Waals surface area contributed by atoms with Crippen molar-refractivity contribution in [3.63, 3.8) is 0 Å². The van der Waals surface area contributed by atoms with E-state index in [1.165, 1.54) is 57.9 Å². The molecule has 8 heteroatoms. The van der Waals surface area contributed by atoms with Gasteiger partial charge in [0.2, 0.25) is 0 Å². The number of benzene rings is 1. The molecule has 2 heterocycles. The molecule has 2 aliphatic rings. The lowest BCUT2D eigenvalue weighted by Crippen LogP contribution is -2.41. The van der Waals surface area contributed by atoms with Crippen LogP contribution < -0.4 is 10.1 Å². The Bertz CT molecular complexity index is 1080. The van der Waals surface area contributed by atoms with Crippen molar-refractivity contribution >= 4 is 17.8 Å². The summed E-state index contributed by atoms with van der Waals surface area (Å²) in [7, 11) is 0. The average Bonchev–Trinajstić information content (AvgIpc) is 2.94. The zero-order valence-electron chi connectivity index (χ0n) is 24.3. The van der Waals surface area contributed by atoms with Crippen LogP contribution in [0, 0.1) is 12.3 Å². The summed E-state index contributed by atoms with van der Waals surface area (Å²) in [4.78, 5) is 30.1. The molecule has 2 aromatic rings. The molecule has 1 saturated carbocycles. The molecule has 1 aromatic carbocycles. The van der Waals surface area contributed by atoms with E-state index in [4.69, 9.17) is 14.2 Å². The van der Waals surface area contributed by atoms with Gasteiger partial charge in [0.05, 0.1) is 6.61 Å². The molecule has 0 unspecified atom stereocenters. The Labute approximate surface area is 238 Å². The summed E-state index contributed by atoms with van der Waals surface area (Å²) in [6.07, 6.45) is 11.8. The number of pyridine rings is 1. The highest BCUT2D eigenvalue weighted by Gasteiger charge is 2.33. The third-order valence-corrected chi connectivity index (χ3v) is 8.30. The minimum Gasteiger partial charge on any atom is -0.494 e. The zero-order valence-corrected chi connectivity index (χ0v) is 24.3. The highest BCUT2D eigenvalue weighted by atomic mass is 16.7. The van der Waals surface area contributed by atoms with Gasteiger partial charge in [0.1, 0.15) is 11.6 Å². The van der Waals surface area contributed by atoms with Crippen LogP contribution in [0.2, 0.25) is 0 Å². The number of anilines is 1. The quantitative estimate of drug-likeness (QED) is 0.246. The van der Waals surface area contributed by atoms with Gasteiger partial charge in [0, 0.05) is 44.7 Å². The number of hydrogen-bond acceptors (Lipinski definition) is 8. The van der Waals surface area contributed by atoms with Crippen molar-refractivity contribution in [3.8, 4) is 5.75 Å². The Morgan fingerprint density at radius 1 is 1.02 bits per heavy atom. The average molecular weight is 552 g/mol. The lowest BCUT2D eigenvalue weighted by Gasteiger charge is -2.40. The van der Waals surface area contributed by atoms with E-state index in [2.05, 4.69) is 34.3 Å². The van der Waals surface area contributed by atoms with Crippen LogP contribution in [0.15, 0.2) is 42.6 Å². The molecule has 1 aromatic heterocycles. The Morgan fingerprint density at radius 3 is 2.40 bits per heavy atom. The number of piperidine rings is 1. The van der Waals surface area contributed by atoms with Gasteiger partial charge in [-0.15, -0.1) is 0 Å². The monoisotopic (exact) mass is 551 g/mol. The first-order valence-corrected chi connectivity index (χ1v) is 14.8. The summed E-state index contributed by atoms with van der Waals surface area (Å²) in [6, 6.07) is 11.9. The number of ether oxygens (including phenoxy) is 3. The molecule has 0 atom stereocenters. The summed E-state index contributed by atoms with van der Waals surface area (Å²) >= 11 is 0. The van der Waals surface area contributed by atoms with Crippen LogP contribution in [0.5, 0.6) is 5.75 Å². The van der Waals surface area contributed by atoms with Gasteiger partial charge >= 0.3 is 11.9 Å². The SMILES string of the molecule is CC(=O)OC(OC(C)=O)c1cccc(OCCC2(CCN3CCC(Nc4ccc(C)cn4)CC3)CCCCC2)c1. The number of carbonyl (C=O) groups is 2. The second-order valence-electron chi connectivity index (χ2n) is 11.5. The number of rotatable bonds is 12. The molecule has 218 valence electrons. The fourth-order valence-electron chi connectivity index (χ4n) is 5.98. The second-order valence-corrected chi connectivity index (χ2v) is 11.5. The van der Waals surface area contributed by atoms with Crippen LogP contribution in [-0.2, 0) is 19.1 Å². The van der Waals surface area contributed by atoms with E-state index in [9.17, 15) is 9.59 Å². The number of aryl methyl sites for hydroxylation is 1. The van der Waals surface area contributed by atoms with E-state index >= 15 is 0 Å². The van der Waals surface area contributed by atoms with Crippen molar-refractivity contribution in [2.45, 2.75) is 90.9 Å². The molecule has 1 N–H and O–H groups in total. The molecule has 1 aliphatic carbocycles. The fourth-order valence-corrected chi connectivity index (χ4v) is 5.98. The lowest BCUT2D eigenvalue weighted by atomic mass is 9.69. The molecule has 8 nitrogen and oxygen atoms in total. The third-order valence-electron chi connectivity index (χ3n) is 8.30. The molecular formula is C32H45N3O5. The number of esters is 2. The molecule has 40 heavy (non-hydrogen) atoms. The lowest BCUT2D eigenvalue weighted by molar-refractivity contribution is -0.186. The number of carbonyl (C=O) groups excluding carboxylic acids is 2. The largest absolute Gasteiger partial charge is 0.494 e. The van der Waals surface area contributed by atoms with Crippen molar-refractivity contribution in [3.05, 3.63) is 53.7 Å². The molecule has 0 bridgehead atoms. The fraction of sp³-hybridized carbons (Fsp3) is 0.594. The van der Waals surface area contributed by atoms with Gasteiger partial charge < -0.3 is 24.4 Å². The first-order chi connectivity index (χ1) is 19.3. The molecule has 2 fully saturated rings. The molecule has 0 amide bonds. The van der Waals surface area contributed by atoms with Crippen LogP contribution >= 0.6 is 0 Å². The van der Waals surface area contributed by atoms with Crippen molar-refractivity contribution in [1.82, 2.24) is 9.88 Å². The first kappa shape index (κ1) is 29.8. The van der Waals surface area contributed by atoms with E-state index in [-0.39, 0.29) is 0 Å². The maximum absolute atomic E-state index is 11.5. The van der Waals surface area contributed by atoms with Gasteiger partial charge in [0.15, 0.2) is 0 Å². The Hall–Kier alpha value is -3.13. The summed E-state index contributed by atoms with van der Waals surface area (Å²) < 4.78 is 16.6. The summed E-state index contributed by atoms with van der Waals surface area (Å²) in [5, 5.41) is 3.61. The van der Waals surface area contributed by atoms with E-state index in [0.29, 0.717) is 29.4 Å². The normalized spacial score (nSPS) is 17.8. The Kier molecular flexibility index (Phi) is 10.8. The maximum atomic E-state index is 11.5. The number of aromatic nitrogens is 1. The predicted molar refractivity (Wildman–Crippen MR) is 155 cm³/mol. The minimum absolute atomic E-state index is 0.314. The van der Waals surface area contributed by atoms with Crippen LogP contribution in [0.25, 0.3) is 0 Å². The summed E-state index contributed by atoms with van der Waals surface area (Å²) in [5.41, 5.74) is 2.07. The van der Waals surface area contributed by atoms with Crippen LogP contribution in [-0.4, -0.2) is 54.1 Å². The van der Waals surface area contributed by atoms with Crippen LogP contribution in [0.3, 0.4) is 0 Å². The summed E-state index contributed by atoms with van der Waals surface area (Å²) in [5.74, 6) is 0.635. The molecule has 0 radical (unpaired) electrons. The Balaban J connectivity index is 1.26. The maximum Gasteiger partial charge on any atom is 0.305 e. The standard InChI is InChI=1S/C32H45N3O5/c1-24-10-11-30(33-23-24)34-28-12-18-35(19-13-28)20-16-32(14-5-4-6-15-32)17-21-38-29-9-7-8-27(22-29)31(39-25(2)36)40-26(3)37/h7-11,22-23,28,31H,4-6,12-21H2,1-3H3,(H,33,34). The second kappa shape index (κ2) is 14.5. The number of likely N-dealkylation sites (tertiary alicyclic amines) is 1.